The molecule has 1 unspecified atom stereocenters. The lowest BCUT2D eigenvalue weighted by Gasteiger charge is -2.15. The molecule has 2 heterocycles. The third-order valence-electron chi connectivity index (χ3n) is 2.87. The molecule has 1 atom stereocenters. The summed E-state index contributed by atoms with van der Waals surface area (Å²) < 4.78 is 27.1. The van der Waals surface area contributed by atoms with E-state index in [0.717, 1.165) is 0 Å². The van der Waals surface area contributed by atoms with Gasteiger partial charge < -0.3 is 4.74 Å². The minimum Gasteiger partial charge on any atom is -0.497 e. The van der Waals surface area contributed by atoms with Crippen LogP contribution in [-0.4, -0.2) is 38.7 Å². The normalized spacial score (nSPS) is 19.8. The zero-order valence-corrected chi connectivity index (χ0v) is 11.8. The maximum absolute atomic E-state index is 11.9. The first kappa shape index (κ1) is 14.1. The molecule has 1 aromatic rings. The van der Waals surface area contributed by atoms with E-state index in [2.05, 4.69) is 4.98 Å². The Morgan fingerprint density at radius 1 is 1.58 bits per heavy atom. The van der Waals surface area contributed by atoms with E-state index in [4.69, 9.17) is 15.4 Å². The summed E-state index contributed by atoms with van der Waals surface area (Å²) >= 11 is 0. The van der Waals surface area contributed by atoms with Crippen LogP contribution in [0.3, 0.4) is 0 Å². The number of anilines is 1. The van der Waals surface area contributed by atoms with Crippen LogP contribution in [0.1, 0.15) is 6.42 Å². The van der Waals surface area contributed by atoms with Crippen LogP contribution in [0.4, 0.5) is 5.82 Å². The molecule has 0 spiro atoms. The van der Waals surface area contributed by atoms with Crippen molar-refractivity contribution in [1.82, 2.24) is 4.98 Å². The van der Waals surface area contributed by atoms with Crippen molar-refractivity contribution in [3.05, 3.63) is 18.3 Å². The predicted octanol–water partition coefficient (Wildman–Crippen LogP) is 1.01. The number of amides is 1. The highest BCUT2D eigenvalue weighted by molar-refractivity contribution is 8.13. The second kappa shape index (κ2) is 5.34. The molecule has 1 aliphatic heterocycles. The summed E-state index contributed by atoms with van der Waals surface area (Å²) in [6.07, 6.45) is 1.69. The van der Waals surface area contributed by atoms with Crippen LogP contribution < -0.4 is 9.64 Å². The summed E-state index contributed by atoms with van der Waals surface area (Å²) in [5.74, 6) is 0.375. The minimum atomic E-state index is -3.60. The molecule has 0 aliphatic carbocycles. The molecule has 0 bridgehead atoms. The topological polar surface area (TPSA) is 76.6 Å². The van der Waals surface area contributed by atoms with Gasteiger partial charge in [-0.25, -0.2) is 13.4 Å². The molecule has 6 nitrogen and oxygen atoms in total. The van der Waals surface area contributed by atoms with Gasteiger partial charge in [0.15, 0.2) is 0 Å². The van der Waals surface area contributed by atoms with Crippen LogP contribution in [0.2, 0.25) is 0 Å². The number of pyridine rings is 1. The first-order valence-electron chi connectivity index (χ1n) is 5.62. The third kappa shape index (κ3) is 3.57. The number of ether oxygens (including phenoxy) is 1. The van der Waals surface area contributed by atoms with Gasteiger partial charge in [0.05, 0.1) is 12.9 Å². The van der Waals surface area contributed by atoms with Gasteiger partial charge in [0, 0.05) is 41.8 Å². The van der Waals surface area contributed by atoms with Gasteiger partial charge in [-0.1, -0.05) is 0 Å². The number of hydrogen-bond donors (Lipinski definition) is 0. The van der Waals surface area contributed by atoms with Crippen molar-refractivity contribution in [2.24, 2.45) is 5.92 Å². The van der Waals surface area contributed by atoms with Crippen molar-refractivity contribution in [2.75, 3.05) is 24.3 Å². The number of carbonyl (C=O) groups excluding carboxylic acids is 1. The summed E-state index contributed by atoms with van der Waals surface area (Å²) in [5, 5.41) is 0. The lowest BCUT2D eigenvalue weighted by molar-refractivity contribution is -0.117. The highest BCUT2D eigenvalue weighted by atomic mass is 35.7. The fourth-order valence-electron chi connectivity index (χ4n) is 2.07. The summed E-state index contributed by atoms with van der Waals surface area (Å²) in [6, 6.07) is 3.31. The number of halogens is 1. The van der Waals surface area contributed by atoms with Crippen LogP contribution in [0.5, 0.6) is 5.75 Å². The van der Waals surface area contributed by atoms with E-state index in [1.165, 1.54) is 18.2 Å². The molecule has 2 rings (SSSR count). The van der Waals surface area contributed by atoms with Crippen LogP contribution in [0, 0.1) is 5.92 Å². The maximum Gasteiger partial charge on any atom is 0.232 e. The largest absolute Gasteiger partial charge is 0.497 e. The second-order valence-electron chi connectivity index (χ2n) is 4.33. The van der Waals surface area contributed by atoms with Crippen LogP contribution in [0.25, 0.3) is 0 Å². The van der Waals surface area contributed by atoms with E-state index in [1.54, 1.807) is 12.1 Å². The van der Waals surface area contributed by atoms with Gasteiger partial charge >= 0.3 is 0 Å². The summed E-state index contributed by atoms with van der Waals surface area (Å²) in [4.78, 5) is 17.4. The molecule has 1 aliphatic rings. The number of methoxy groups -OCH3 is 1. The lowest BCUT2D eigenvalue weighted by Crippen LogP contribution is -2.26. The van der Waals surface area contributed by atoms with Gasteiger partial charge in [-0.15, -0.1) is 0 Å². The highest BCUT2D eigenvalue weighted by Gasteiger charge is 2.33. The van der Waals surface area contributed by atoms with Crippen molar-refractivity contribution in [3.63, 3.8) is 0 Å². The van der Waals surface area contributed by atoms with Crippen molar-refractivity contribution in [3.8, 4) is 5.75 Å². The molecule has 0 radical (unpaired) electrons. The molecule has 8 heteroatoms. The Morgan fingerprint density at radius 2 is 2.32 bits per heavy atom. The molecule has 19 heavy (non-hydrogen) atoms. The fourth-order valence-corrected chi connectivity index (χ4v) is 3.39. The quantitative estimate of drug-likeness (QED) is 0.776. The monoisotopic (exact) mass is 304 g/mol. The molecule has 1 amide bonds. The Kier molecular flexibility index (Phi) is 3.96. The molecular weight excluding hydrogens is 292 g/mol. The van der Waals surface area contributed by atoms with E-state index in [9.17, 15) is 13.2 Å². The first-order chi connectivity index (χ1) is 8.89. The zero-order chi connectivity index (χ0) is 14.0. The molecule has 0 aromatic carbocycles. The third-order valence-corrected chi connectivity index (χ3v) is 4.12. The van der Waals surface area contributed by atoms with Crippen LogP contribution in [-0.2, 0) is 13.8 Å². The van der Waals surface area contributed by atoms with E-state index in [1.807, 2.05) is 0 Å². The fraction of sp³-hybridized carbons (Fsp3) is 0.455. The maximum atomic E-state index is 11.9. The van der Waals surface area contributed by atoms with Crippen molar-refractivity contribution in [1.29, 1.82) is 0 Å². The molecule has 0 N–H and O–H groups in total. The lowest BCUT2D eigenvalue weighted by atomic mass is 10.1. The second-order valence-corrected chi connectivity index (χ2v) is 7.16. The average Bonchev–Trinajstić information content (AvgIpc) is 2.68. The van der Waals surface area contributed by atoms with E-state index in [-0.39, 0.29) is 24.0 Å². The SMILES string of the molecule is COc1ccnc(N2CC(CS(=O)(=O)Cl)CC2=O)c1. The highest BCUT2D eigenvalue weighted by Crippen LogP contribution is 2.27. The summed E-state index contributed by atoms with van der Waals surface area (Å²) in [5.41, 5.74) is 0. The van der Waals surface area contributed by atoms with Gasteiger partial charge in [0.1, 0.15) is 11.6 Å². The predicted molar refractivity (Wildman–Crippen MR) is 70.9 cm³/mol. The molecule has 1 fully saturated rings. The van der Waals surface area contributed by atoms with Crippen molar-refractivity contribution < 1.29 is 17.9 Å². The van der Waals surface area contributed by atoms with Gasteiger partial charge in [-0.2, -0.15) is 0 Å². The number of carbonyl (C=O) groups is 1. The number of nitrogens with zero attached hydrogens (tertiary/aromatic N) is 2. The first-order valence-corrected chi connectivity index (χ1v) is 8.09. The zero-order valence-electron chi connectivity index (χ0n) is 10.2. The van der Waals surface area contributed by atoms with Crippen LogP contribution >= 0.6 is 10.7 Å². The van der Waals surface area contributed by atoms with Gasteiger partial charge in [0.25, 0.3) is 0 Å². The molecule has 1 aromatic heterocycles. The molecule has 104 valence electrons. The molecule has 0 saturated carbocycles. The van der Waals surface area contributed by atoms with Gasteiger partial charge in [-0.05, 0) is 6.07 Å². The Labute approximate surface area is 115 Å². The standard InChI is InChI=1S/C11H13ClN2O4S/c1-18-9-2-3-13-10(5-9)14-6-8(4-11(14)15)7-19(12,16)17/h2-3,5,8H,4,6-7H2,1H3. The molecule has 1 saturated heterocycles. The summed E-state index contributed by atoms with van der Waals surface area (Å²) in [7, 11) is 3.13. The molecular formula is C11H13ClN2O4S. The number of aromatic nitrogens is 1. The van der Waals surface area contributed by atoms with Crippen LogP contribution in [0.15, 0.2) is 18.3 Å². The summed E-state index contributed by atoms with van der Waals surface area (Å²) in [6.45, 7) is 0.297. The van der Waals surface area contributed by atoms with E-state index < -0.39 is 9.05 Å². The smallest absolute Gasteiger partial charge is 0.232 e. The average molecular weight is 305 g/mol. The van der Waals surface area contributed by atoms with E-state index in [0.29, 0.717) is 18.1 Å². The Balaban J connectivity index is 2.15. The minimum absolute atomic E-state index is 0.158. The number of rotatable bonds is 4. The van der Waals surface area contributed by atoms with E-state index >= 15 is 0 Å². The van der Waals surface area contributed by atoms with Gasteiger partial charge in [0.2, 0.25) is 15.0 Å². The van der Waals surface area contributed by atoms with Gasteiger partial charge in [-0.3, -0.25) is 9.69 Å². The Morgan fingerprint density at radius 3 is 2.95 bits per heavy atom. The Bertz CT molecular complexity index is 590. The number of hydrogen-bond acceptors (Lipinski definition) is 5. The van der Waals surface area contributed by atoms with Crippen molar-refractivity contribution >= 4 is 31.5 Å². The van der Waals surface area contributed by atoms with Crippen molar-refractivity contribution in [2.45, 2.75) is 6.42 Å². The Hall–Kier alpha value is -1.34.